The van der Waals surface area contributed by atoms with Gasteiger partial charge in [-0.15, -0.1) is 0 Å². The van der Waals surface area contributed by atoms with Gasteiger partial charge in [0, 0.05) is 19.2 Å². The summed E-state index contributed by atoms with van der Waals surface area (Å²) in [5.41, 5.74) is 1.20. The van der Waals surface area contributed by atoms with Crippen LogP contribution in [0.2, 0.25) is 0 Å². The van der Waals surface area contributed by atoms with Crippen LogP contribution in [0.4, 0.5) is 11.5 Å². The lowest BCUT2D eigenvalue weighted by Crippen LogP contribution is -2.21. The zero-order chi connectivity index (χ0) is 15.4. The van der Waals surface area contributed by atoms with Crippen molar-refractivity contribution in [2.45, 2.75) is 12.8 Å². The number of hydrogen-bond donors (Lipinski definition) is 1. The SMILES string of the molecule is N#Cc1ccccc1NC(=O)c1cc(N2CCCC2)ncn1. The number of para-hydroxylation sites is 1. The number of rotatable bonds is 3. The maximum Gasteiger partial charge on any atom is 0.274 e. The molecular formula is C16H15N5O. The highest BCUT2D eigenvalue weighted by molar-refractivity contribution is 6.03. The quantitative estimate of drug-likeness (QED) is 0.938. The van der Waals surface area contributed by atoms with Gasteiger partial charge in [-0.05, 0) is 25.0 Å². The third-order valence-electron chi connectivity index (χ3n) is 3.61. The average molecular weight is 293 g/mol. The molecule has 0 bridgehead atoms. The predicted molar refractivity (Wildman–Crippen MR) is 82.6 cm³/mol. The second-order valence-corrected chi connectivity index (χ2v) is 5.07. The molecule has 0 atom stereocenters. The van der Waals surface area contributed by atoms with E-state index in [-0.39, 0.29) is 5.91 Å². The topological polar surface area (TPSA) is 81.9 Å². The van der Waals surface area contributed by atoms with Crippen LogP contribution in [0.3, 0.4) is 0 Å². The van der Waals surface area contributed by atoms with Gasteiger partial charge in [0.25, 0.3) is 5.91 Å². The molecule has 0 radical (unpaired) electrons. The van der Waals surface area contributed by atoms with Crippen LogP contribution >= 0.6 is 0 Å². The molecule has 1 aromatic carbocycles. The predicted octanol–water partition coefficient (Wildman–Crippen LogP) is 2.20. The number of amides is 1. The molecular weight excluding hydrogens is 278 g/mol. The van der Waals surface area contributed by atoms with E-state index in [1.54, 1.807) is 30.3 Å². The number of nitrogens with zero attached hydrogens (tertiary/aromatic N) is 4. The Bertz CT molecular complexity index is 731. The summed E-state index contributed by atoms with van der Waals surface area (Å²) in [5.74, 6) is 0.428. The van der Waals surface area contributed by atoms with Crippen LogP contribution in [0.1, 0.15) is 28.9 Å². The molecule has 6 heteroatoms. The standard InChI is InChI=1S/C16H15N5O/c17-10-12-5-1-2-6-13(12)20-16(22)14-9-15(19-11-18-14)21-7-3-4-8-21/h1-2,5-6,9,11H,3-4,7-8H2,(H,20,22). The number of nitriles is 1. The minimum atomic E-state index is -0.342. The highest BCUT2D eigenvalue weighted by Gasteiger charge is 2.16. The highest BCUT2D eigenvalue weighted by atomic mass is 16.1. The van der Waals surface area contributed by atoms with Crippen molar-refractivity contribution in [3.8, 4) is 6.07 Å². The average Bonchev–Trinajstić information content (AvgIpc) is 3.10. The normalized spacial score (nSPS) is 13.7. The molecule has 1 fully saturated rings. The molecule has 1 aliphatic rings. The van der Waals surface area contributed by atoms with Gasteiger partial charge in [0.2, 0.25) is 0 Å². The van der Waals surface area contributed by atoms with Crippen molar-refractivity contribution in [2.75, 3.05) is 23.3 Å². The fourth-order valence-corrected chi connectivity index (χ4v) is 2.47. The summed E-state index contributed by atoms with van der Waals surface area (Å²) in [7, 11) is 0. The molecule has 1 aliphatic heterocycles. The van der Waals surface area contributed by atoms with Crippen LogP contribution in [0.5, 0.6) is 0 Å². The number of benzene rings is 1. The van der Waals surface area contributed by atoms with Crippen molar-refractivity contribution >= 4 is 17.4 Å². The van der Waals surface area contributed by atoms with Crippen molar-refractivity contribution in [2.24, 2.45) is 0 Å². The monoisotopic (exact) mass is 293 g/mol. The van der Waals surface area contributed by atoms with Gasteiger partial charge in [0.1, 0.15) is 23.9 Å². The highest BCUT2D eigenvalue weighted by Crippen LogP contribution is 2.19. The van der Waals surface area contributed by atoms with E-state index in [1.165, 1.54) is 6.33 Å². The number of carbonyl (C=O) groups excluding carboxylic acids is 1. The fraction of sp³-hybridized carbons (Fsp3) is 0.250. The molecule has 1 N–H and O–H groups in total. The van der Waals surface area contributed by atoms with E-state index in [9.17, 15) is 4.79 Å². The van der Waals surface area contributed by atoms with Gasteiger partial charge in [-0.1, -0.05) is 12.1 Å². The number of carbonyl (C=O) groups is 1. The molecule has 3 rings (SSSR count). The summed E-state index contributed by atoms with van der Waals surface area (Å²) in [6, 6.07) is 10.6. The third-order valence-corrected chi connectivity index (χ3v) is 3.61. The molecule has 0 unspecified atom stereocenters. The minimum Gasteiger partial charge on any atom is -0.357 e. The van der Waals surface area contributed by atoms with Gasteiger partial charge < -0.3 is 10.2 Å². The van der Waals surface area contributed by atoms with Crippen molar-refractivity contribution in [1.82, 2.24) is 9.97 Å². The molecule has 1 saturated heterocycles. The Morgan fingerprint density at radius 3 is 2.77 bits per heavy atom. The van der Waals surface area contributed by atoms with Crippen LogP contribution in [0.15, 0.2) is 36.7 Å². The molecule has 22 heavy (non-hydrogen) atoms. The van der Waals surface area contributed by atoms with Crippen molar-refractivity contribution in [1.29, 1.82) is 5.26 Å². The first-order valence-corrected chi connectivity index (χ1v) is 7.15. The van der Waals surface area contributed by atoms with E-state index >= 15 is 0 Å². The second-order valence-electron chi connectivity index (χ2n) is 5.07. The van der Waals surface area contributed by atoms with E-state index in [0.29, 0.717) is 16.9 Å². The lowest BCUT2D eigenvalue weighted by Gasteiger charge is -2.16. The summed E-state index contributed by atoms with van der Waals surface area (Å²) in [6.07, 6.45) is 3.68. The van der Waals surface area contributed by atoms with Crippen LogP contribution < -0.4 is 10.2 Å². The van der Waals surface area contributed by atoms with Gasteiger partial charge in [-0.25, -0.2) is 9.97 Å². The first-order chi connectivity index (χ1) is 10.8. The summed E-state index contributed by atoms with van der Waals surface area (Å²) in [6.45, 7) is 1.91. The van der Waals surface area contributed by atoms with Gasteiger partial charge in [-0.2, -0.15) is 5.26 Å². The molecule has 1 aromatic heterocycles. The summed E-state index contributed by atoms with van der Waals surface area (Å²) >= 11 is 0. The van der Waals surface area contributed by atoms with E-state index in [2.05, 4.69) is 26.3 Å². The summed E-state index contributed by atoms with van der Waals surface area (Å²) < 4.78 is 0. The minimum absolute atomic E-state index is 0.296. The molecule has 2 aromatic rings. The number of hydrogen-bond acceptors (Lipinski definition) is 5. The number of nitrogens with one attached hydrogen (secondary N) is 1. The van der Waals surface area contributed by atoms with Crippen LogP contribution in [0.25, 0.3) is 0 Å². The molecule has 0 saturated carbocycles. The first-order valence-electron chi connectivity index (χ1n) is 7.15. The van der Waals surface area contributed by atoms with Crippen LogP contribution in [-0.4, -0.2) is 29.0 Å². The number of anilines is 2. The van der Waals surface area contributed by atoms with Gasteiger partial charge in [0.15, 0.2) is 0 Å². The largest absolute Gasteiger partial charge is 0.357 e. The smallest absolute Gasteiger partial charge is 0.274 e. The van der Waals surface area contributed by atoms with Gasteiger partial charge >= 0.3 is 0 Å². The van der Waals surface area contributed by atoms with Gasteiger partial charge in [0.05, 0.1) is 11.3 Å². The molecule has 110 valence electrons. The maximum atomic E-state index is 12.3. The van der Waals surface area contributed by atoms with E-state index in [0.717, 1.165) is 31.7 Å². The Labute approximate surface area is 128 Å². The maximum absolute atomic E-state index is 12.3. The molecule has 2 heterocycles. The lowest BCUT2D eigenvalue weighted by molar-refractivity contribution is 0.102. The second kappa shape index (κ2) is 6.22. The zero-order valence-electron chi connectivity index (χ0n) is 12.0. The Balaban J connectivity index is 1.80. The van der Waals surface area contributed by atoms with E-state index in [4.69, 9.17) is 5.26 Å². The summed E-state index contributed by atoms with van der Waals surface area (Å²) in [4.78, 5) is 22.7. The van der Waals surface area contributed by atoms with Crippen molar-refractivity contribution in [3.05, 3.63) is 47.9 Å². The molecule has 1 amide bonds. The molecule has 0 aliphatic carbocycles. The molecule has 6 nitrogen and oxygen atoms in total. The fourth-order valence-electron chi connectivity index (χ4n) is 2.47. The first kappa shape index (κ1) is 14.0. The van der Waals surface area contributed by atoms with Gasteiger partial charge in [-0.3, -0.25) is 4.79 Å². The van der Waals surface area contributed by atoms with E-state index < -0.39 is 0 Å². The van der Waals surface area contributed by atoms with Crippen LogP contribution in [-0.2, 0) is 0 Å². The van der Waals surface area contributed by atoms with Crippen molar-refractivity contribution < 1.29 is 4.79 Å². The Kier molecular flexibility index (Phi) is 3.97. The zero-order valence-corrected chi connectivity index (χ0v) is 12.0. The third kappa shape index (κ3) is 2.88. The summed E-state index contributed by atoms with van der Waals surface area (Å²) in [5, 5.41) is 11.8. The molecule has 0 spiro atoms. The Morgan fingerprint density at radius 2 is 2.00 bits per heavy atom. The number of aromatic nitrogens is 2. The Hall–Kier alpha value is -2.94. The Morgan fingerprint density at radius 1 is 1.23 bits per heavy atom. The van der Waals surface area contributed by atoms with Crippen molar-refractivity contribution in [3.63, 3.8) is 0 Å². The lowest BCUT2D eigenvalue weighted by atomic mass is 10.2. The van der Waals surface area contributed by atoms with Crippen LogP contribution in [0, 0.1) is 11.3 Å². The van der Waals surface area contributed by atoms with E-state index in [1.807, 2.05) is 0 Å².